The number of rotatable bonds is 5. The van der Waals surface area contributed by atoms with Crippen LogP contribution in [0.15, 0.2) is 36.7 Å². The number of nitrogens with one attached hydrogen (secondary N) is 1. The van der Waals surface area contributed by atoms with E-state index in [1.807, 2.05) is 38.1 Å². The van der Waals surface area contributed by atoms with Crippen molar-refractivity contribution in [3.8, 4) is 16.9 Å². The van der Waals surface area contributed by atoms with Crippen LogP contribution in [0.1, 0.15) is 25.8 Å². The molecule has 1 aliphatic heterocycles. The highest BCUT2D eigenvalue weighted by Gasteiger charge is 2.27. The molecule has 1 aromatic carbocycles. The van der Waals surface area contributed by atoms with Gasteiger partial charge in [0.2, 0.25) is 5.91 Å². The molecule has 24 heavy (non-hydrogen) atoms. The zero-order valence-corrected chi connectivity index (χ0v) is 14.6. The molecule has 1 amide bonds. The lowest BCUT2D eigenvalue weighted by molar-refractivity contribution is -0.124. The molecule has 2 heterocycles. The molecule has 2 unspecified atom stereocenters. The molecule has 4 nitrogen and oxygen atoms in total. The van der Waals surface area contributed by atoms with Gasteiger partial charge >= 0.3 is 0 Å². The number of aromatic nitrogens is 1. The summed E-state index contributed by atoms with van der Waals surface area (Å²) < 4.78 is 6.12. The Kier molecular flexibility index (Phi) is 5.05. The van der Waals surface area contributed by atoms with Crippen LogP contribution in [0.25, 0.3) is 11.1 Å². The molecule has 0 spiro atoms. The van der Waals surface area contributed by atoms with Gasteiger partial charge in [0.05, 0.1) is 6.54 Å². The Hall–Kier alpha value is -2.07. The van der Waals surface area contributed by atoms with Gasteiger partial charge in [-0.2, -0.15) is 0 Å². The predicted octanol–water partition coefficient (Wildman–Crippen LogP) is 3.87. The molecule has 126 valence electrons. The quantitative estimate of drug-likeness (QED) is 0.895. The molecule has 1 aliphatic rings. The summed E-state index contributed by atoms with van der Waals surface area (Å²) in [5, 5.41) is 3.67. The Bertz CT molecular complexity index is 734. The average Bonchev–Trinajstić information content (AvgIpc) is 3.01. The maximum Gasteiger partial charge on any atom is 0.222 e. The third kappa shape index (κ3) is 3.54. The first-order chi connectivity index (χ1) is 11.6. The fraction of sp³-hybridized carbons (Fsp3) is 0.368. The summed E-state index contributed by atoms with van der Waals surface area (Å²) >= 11 is 6.27. The molecule has 2 aromatic rings. The van der Waals surface area contributed by atoms with Gasteiger partial charge < -0.3 is 10.1 Å². The van der Waals surface area contributed by atoms with Gasteiger partial charge in [-0.3, -0.25) is 9.78 Å². The van der Waals surface area contributed by atoms with E-state index in [0.29, 0.717) is 11.6 Å². The summed E-state index contributed by atoms with van der Waals surface area (Å²) in [6.45, 7) is 4.45. The molecule has 3 rings (SSSR count). The van der Waals surface area contributed by atoms with Gasteiger partial charge in [-0.1, -0.05) is 25.4 Å². The SMILES string of the molecule is CCC(C)C(=O)NCC1Cc2cc(Cl)cc(-c3ccncc3)c2O1. The van der Waals surface area contributed by atoms with E-state index in [1.54, 1.807) is 12.4 Å². The maximum atomic E-state index is 12.0. The van der Waals surface area contributed by atoms with Gasteiger partial charge in [0.15, 0.2) is 0 Å². The molecular formula is C19H21ClN2O2. The van der Waals surface area contributed by atoms with Crippen LogP contribution in [-0.4, -0.2) is 23.5 Å². The van der Waals surface area contributed by atoms with E-state index >= 15 is 0 Å². The van der Waals surface area contributed by atoms with Gasteiger partial charge in [-0.05, 0) is 36.2 Å². The number of hydrogen-bond acceptors (Lipinski definition) is 3. The Labute approximate surface area is 147 Å². The van der Waals surface area contributed by atoms with Crippen LogP contribution in [-0.2, 0) is 11.2 Å². The number of fused-ring (bicyclic) bond motifs is 1. The summed E-state index contributed by atoms with van der Waals surface area (Å²) in [6, 6.07) is 7.73. The van der Waals surface area contributed by atoms with Crippen LogP contribution in [0.2, 0.25) is 5.02 Å². The standard InChI is InChI=1S/C19H21ClN2O2/c1-3-12(2)19(23)22-11-16-9-14-8-15(20)10-17(18(14)24-16)13-4-6-21-7-5-13/h4-8,10,12,16H,3,9,11H2,1-2H3,(H,22,23). The zero-order chi connectivity index (χ0) is 17.1. The summed E-state index contributed by atoms with van der Waals surface area (Å²) in [5.41, 5.74) is 3.07. The molecule has 1 aromatic heterocycles. The van der Waals surface area contributed by atoms with Gasteiger partial charge in [-0.15, -0.1) is 0 Å². The van der Waals surface area contributed by atoms with E-state index in [0.717, 1.165) is 35.3 Å². The van der Waals surface area contributed by atoms with Crippen molar-refractivity contribution in [1.82, 2.24) is 10.3 Å². The Morgan fingerprint density at radius 1 is 1.42 bits per heavy atom. The normalized spacial score (nSPS) is 17.0. The monoisotopic (exact) mass is 344 g/mol. The number of nitrogens with zero attached hydrogens (tertiary/aromatic N) is 1. The molecule has 5 heteroatoms. The second kappa shape index (κ2) is 7.22. The van der Waals surface area contributed by atoms with Crippen LogP contribution < -0.4 is 10.1 Å². The van der Waals surface area contributed by atoms with E-state index < -0.39 is 0 Å². The molecule has 1 N–H and O–H groups in total. The third-order valence-electron chi connectivity index (χ3n) is 4.42. The van der Waals surface area contributed by atoms with E-state index in [-0.39, 0.29) is 17.9 Å². The summed E-state index contributed by atoms with van der Waals surface area (Å²) in [4.78, 5) is 16.0. The van der Waals surface area contributed by atoms with Crippen molar-refractivity contribution in [3.05, 3.63) is 47.2 Å². The number of carbonyl (C=O) groups excluding carboxylic acids is 1. The molecular weight excluding hydrogens is 324 g/mol. The molecule has 0 saturated heterocycles. The van der Waals surface area contributed by atoms with Crippen molar-refractivity contribution in [2.45, 2.75) is 32.8 Å². The number of ether oxygens (including phenoxy) is 1. The topological polar surface area (TPSA) is 51.2 Å². The largest absolute Gasteiger partial charge is 0.487 e. The first kappa shape index (κ1) is 16.8. The first-order valence-electron chi connectivity index (χ1n) is 8.25. The number of carbonyl (C=O) groups is 1. The zero-order valence-electron chi connectivity index (χ0n) is 13.9. The van der Waals surface area contributed by atoms with E-state index in [1.165, 1.54) is 0 Å². The fourth-order valence-corrected chi connectivity index (χ4v) is 3.07. The van der Waals surface area contributed by atoms with Crippen LogP contribution >= 0.6 is 11.6 Å². The number of benzene rings is 1. The highest BCUT2D eigenvalue weighted by Crippen LogP contribution is 2.40. The number of pyridine rings is 1. The van der Waals surface area contributed by atoms with Gasteiger partial charge in [0.1, 0.15) is 11.9 Å². The Balaban J connectivity index is 1.76. The number of hydrogen-bond donors (Lipinski definition) is 1. The van der Waals surface area contributed by atoms with E-state index in [4.69, 9.17) is 16.3 Å². The minimum Gasteiger partial charge on any atom is -0.487 e. The maximum absolute atomic E-state index is 12.0. The van der Waals surface area contributed by atoms with Crippen LogP contribution in [0.5, 0.6) is 5.75 Å². The minimum absolute atomic E-state index is 0.0237. The van der Waals surface area contributed by atoms with Crippen LogP contribution in [0, 0.1) is 5.92 Å². The van der Waals surface area contributed by atoms with Crippen molar-refractivity contribution in [2.75, 3.05) is 6.54 Å². The molecule has 0 saturated carbocycles. The van der Waals surface area contributed by atoms with Gasteiger partial charge in [0, 0.05) is 40.9 Å². The van der Waals surface area contributed by atoms with Crippen molar-refractivity contribution in [1.29, 1.82) is 0 Å². The van der Waals surface area contributed by atoms with Crippen LogP contribution in [0.3, 0.4) is 0 Å². The molecule has 0 radical (unpaired) electrons. The molecule has 0 bridgehead atoms. The minimum atomic E-state index is -0.0629. The second-order valence-corrected chi connectivity index (χ2v) is 6.61. The smallest absolute Gasteiger partial charge is 0.222 e. The van der Waals surface area contributed by atoms with Crippen molar-refractivity contribution in [3.63, 3.8) is 0 Å². The van der Waals surface area contributed by atoms with E-state index in [2.05, 4.69) is 10.3 Å². The molecule has 0 fully saturated rings. The highest BCUT2D eigenvalue weighted by atomic mass is 35.5. The van der Waals surface area contributed by atoms with Crippen molar-refractivity contribution < 1.29 is 9.53 Å². The van der Waals surface area contributed by atoms with Crippen molar-refractivity contribution in [2.24, 2.45) is 5.92 Å². The lowest BCUT2D eigenvalue weighted by Crippen LogP contribution is -2.37. The number of amides is 1. The van der Waals surface area contributed by atoms with Gasteiger partial charge in [0.25, 0.3) is 0 Å². The number of halogens is 1. The van der Waals surface area contributed by atoms with Gasteiger partial charge in [-0.25, -0.2) is 0 Å². The Morgan fingerprint density at radius 3 is 2.88 bits per heavy atom. The Morgan fingerprint density at radius 2 is 2.17 bits per heavy atom. The second-order valence-electron chi connectivity index (χ2n) is 6.18. The lowest BCUT2D eigenvalue weighted by Gasteiger charge is -2.15. The summed E-state index contributed by atoms with van der Waals surface area (Å²) in [7, 11) is 0. The third-order valence-corrected chi connectivity index (χ3v) is 4.64. The summed E-state index contributed by atoms with van der Waals surface area (Å²) in [6.07, 6.45) is 5.02. The van der Waals surface area contributed by atoms with Crippen LogP contribution in [0.4, 0.5) is 0 Å². The van der Waals surface area contributed by atoms with E-state index in [9.17, 15) is 4.79 Å². The fourth-order valence-electron chi connectivity index (χ4n) is 2.83. The molecule has 2 atom stereocenters. The highest BCUT2D eigenvalue weighted by molar-refractivity contribution is 6.31. The lowest BCUT2D eigenvalue weighted by atomic mass is 10.0. The predicted molar refractivity (Wildman–Crippen MR) is 95.3 cm³/mol. The van der Waals surface area contributed by atoms with Crippen molar-refractivity contribution >= 4 is 17.5 Å². The summed E-state index contributed by atoms with van der Waals surface area (Å²) in [5.74, 6) is 0.952. The molecule has 0 aliphatic carbocycles. The first-order valence-corrected chi connectivity index (χ1v) is 8.63. The average molecular weight is 345 g/mol.